The normalized spacial score (nSPS) is 20.5. The smallest absolute Gasteiger partial charge is 0.254 e. The van der Waals surface area contributed by atoms with Crippen LogP contribution in [0.3, 0.4) is 0 Å². The highest BCUT2D eigenvalue weighted by Gasteiger charge is 2.49. The molecule has 1 N–H and O–H groups in total. The number of amides is 2. The third-order valence-electron chi connectivity index (χ3n) is 8.94. The maximum absolute atomic E-state index is 13.8. The Labute approximate surface area is 231 Å². The van der Waals surface area contributed by atoms with Crippen LogP contribution in [0.2, 0.25) is 0 Å². The van der Waals surface area contributed by atoms with Crippen LogP contribution in [-0.2, 0) is 16.8 Å². The van der Waals surface area contributed by atoms with Gasteiger partial charge in [0.05, 0.1) is 5.69 Å². The molecule has 3 heterocycles. The second-order valence-corrected chi connectivity index (χ2v) is 11.2. The molecule has 3 aliphatic rings. The van der Waals surface area contributed by atoms with Gasteiger partial charge < -0.3 is 15.1 Å². The van der Waals surface area contributed by atoms with Crippen LogP contribution in [0.5, 0.6) is 0 Å². The number of pyridine rings is 1. The van der Waals surface area contributed by atoms with Gasteiger partial charge in [-0.15, -0.1) is 0 Å². The van der Waals surface area contributed by atoms with Gasteiger partial charge in [0, 0.05) is 49.5 Å². The van der Waals surface area contributed by atoms with Crippen LogP contribution in [-0.4, -0.2) is 58.8 Å². The molecule has 1 unspecified atom stereocenters. The summed E-state index contributed by atoms with van der Waals surface area (Å²) in [6.45, 7) is 6.55. The highest BCUT2D eigenvalue weighted by atomic mass is 16.2. The molecule has 0 bridgehead atoms. The van der Waals surface area contributed by atoms with Gasteiger partial charge in [-0.05, 0) is 67.5 Å². The maximum atomic E-state index is 13.8. The van der Waals surface area contributed by atoms with E-state index in [0.717, 1.165) is 98.2 Å². The average molecular weight is 523 g/mol. The first-order valence-corrected chi connectivity index (χ1v) is 14.6. The van der Waals surface area contributed by atoms with Crippen LogP contribution in [0, 0.1) is 0 Å². The van der Waals surface area contributed by atoms with Gasteiger partial charge in [0.2, 0.25) is 5.91 Å². The lowest BCUT2D eigenvalue weighted by molar-refractivity contribution is -0.125. The van der Waals surface area contributed by atoms with E-state index in [1.807, 2.05) is 42.6 Å². The molecule has 1 aliphatic carbocycles. The number of fused-ring (bicyclic) bond motifs is 4. The Morgan fingerprint density at radius 1 is 0.974 bits per heavy atom. The molecule has 0 saturated carbocycles. The number of unbranched alkanes of at least 4 members (excludes halogenated alkanes) is 1. The summed E-state index contributed by atoms with van der Waals surface area (Å²) >= 11 is 0. The third-order valence-corrected chi connectivity index (χ3v) is 8.94. The van der Waals surface area contributed by atoms with Gasteiger partial charge >= 0.3 is 0 Å². The molecule has 2 aromatic carbocycles. The molecule has 6 heteroatoms. The molecule has 0 radical (unpaired) electrons. The molecular weight excluding hydrogens is 484 g/mol. The average Bonchev–Trinajstić information content (AvgIpc) is 3.47. The Bertz CT molecular complexity index is 1320. The first-order valence-electron chi connectivity index (χ1n) is 14.6. The van der Waals surface area contributed by atoms with E-state index in [1.54, 1.807) is 0 Å². The van der Waals surface area contributed by atoms with Gasteiger partial charge in [0.15, 0.2) is 0 Å². The van der Waals surface area contributed by atoms with Crippen molar-refractivity contribution in [2.24, 2.45) is 0 Å². The monoisotopic (exact) mass is 522 g/mol. The molecule has 2 aliphatic heterocycles. The van der Waals surface area contributed by atoms with Crippen molar-refractivity contribution >= 4 is 11.8 Å². The van der Waals surface area contributed by atoms with E-state index in [0.29, 0.717) is 12.6 Å². The van der Waals surface area contributed by atoms with Crippen molar-refractivity contribution in [1.82, 2.24) is 20.1 Å². The summed E-state index contributed by atoms with van der Waals surface area (Å²) in [4.78, 5) is 36.1. The molecule has 1 fully saturated rings. The summed E-state index contributed by atoms with van der Waals surface area (Å²) in [5.41, 5.74) is 5.50. The van der Waals surface area contributed by atoms with E-state index in [4.69, 9.17) is 4.98 Å². The zero-order valence-electron chi connectivity index (χ0n) is 22.9. The topological polar surface area (TPSA) is 65.5 Å². The Morgan fingerprint density at radius 3 is 2.51 bits per heavy atom. The lowest BCUT2D eigenvalue weighted by Crippen LogP contribution is -2.46. The number of hydrogen-bond donors (Lipinski definition) is 1. The molecule has 1 atom stereocenters. The summed E-state index contributed by atoms with van der Waals surface area (Å²) in [7, 11) is 0. The number of likely N-dealkylation sites (tertiary alicyclic amines) is 1. The first-order chi connectivity index (χ1) is 19.1. The second-order valence-electron chi connectivity index (χ2n) is 11.2. The molecule has 3 aromatic rings. The summed E-state index contributed by atoms with van der Waals surface area (Å²) in [5.74, 6) is 0.271. The fourth-order valence-electron chi connectivity index (χ4n) is 6.92. The van der Waals surface area contributed by atoms with Crippen molar-refractivity contribution in [3.8, 4) is 11.1 Å². The quantitative estimate of drug-likeness (QED) is 0.394. The third kappa shape index (κ3) is 4.55. The van der Waals surface area contributed by atoms with Crippen molar-refractivity contribution in [3.63, 3.8) is 0 Å². The van der Waals surface area contributed by atoms with E-state index >= 15 is 0 Å². The maximum Gasteiger partial charge on any atom is 0.254 e. The minimum Gasteiger partial charge on any atom is -0.355 e. The molecular formula is C33H38N4O2. The summed E-state index contributed by atoms with van der Waals surface area (Å²) in [6, 6.07) is 20.7. The molecule has 6 nitrogen and oxygen atoms in total. The number of aromatic nitrogens is 1. The van der Waals surface area contributed by atoms with Crippen molar-refractivity contribution < 1.29 is 9.59 Å². The number of nitrogens with one attached hydrogen (secondary N) is 1. The number of nitrogens with zero attached hydrogens (tertiary/aromatic N) is 3. The van der Waals surface area contributed by atoms with Gasteiger partial charge in [0.1, 0.15) is 5.41 Å². The van der Waals surface area contributed by atoms with E-state index in [1.165, 1.54) is 0 Å². The minimum atomic E-state index is -0.736. The SMILES string of the molecule is CCCNC(=O)C1(CCCCN2CCC(N3Cc4ccccc4C3=O)CC2)c2ccccc2-c2cccnc21. The van der Waals surface area contributed by atoms with E-state index in [9.17, 15) is 9.59 Å². The van der Waals surface area contributed by atoms with E-state index in [-0.39, 0.29) is 11.8 Å². The lowest BCUT2D eigenvalue weighted by Gasteiger charge is -2.37. The number of rotatable bonds is 9. The summed E-state index contributed by atoms with van der Waals surface area (Å²) in [5, 5.41) is 3.21. The van der Waals surface area contributed by atoms with Crippen molar-refractivity contribution in [2.75, 3.05) is 26.2 Å². The van der Waals surface area contributed by atoms with Gasteiger partial charge in [0.25, 0.3) is 5.91 Å². The molecule has 39 heavy (non-hydrogen) atoms. The Hall–Kier alpha value is -3.51. The van der Waals surface area contributed by atoms with Crippen LogP contribution in [0.4, 0.5) is 0 Å². The van der Waals surface area contributed by atoms with Crippen molar-refractivity contribution in [3.05, 3.63) is 89.2 Å². The van der Waals surface area contributed by atoms with Gasteiger partial charge in [-0.2, -0.15) is 0 Å². The molecule has 6 rings (SSSR count). The fourth-order valence-corrected chi connectivity index (χ4v) is 6.92. The molecule has 1 saturated heterocycles. The lowest BCUT2D eigenvalue weighted by atomic mass is 9.75. The van der Waals surface area contributed by atoms with Gasteiger partial charge in [-0.1, -0.05) is 61.9 Å². The van der Waals surface area contributed by atoms with Crippen LogP contribution >= 0.6 is 0 Å². The van der Waals surface area contributed by atoms with E-state index < -0.39 is 5.41 Å². The number of carbonyl (C=O) groups is 2. The highest BCUT2D eigenvalue weighted by molar-refractivity contribution is 6.00. The van der Waals surface area contributed by atoms with E-state index in [2.05, 4.69) is 46.3 Å². The summed E-state index contributed by atoms with van der Waals surface area (Å²) < 4.78 is 0. The molecule has 202 valence electrons. The van der Waals surface area contributed by atoms with Crippen molar-refractivity contribution in [1.29, 1.82) is 0 Å². The predicted molar refractivity (Wildman–Crippen MR) is 153 cm³/mol. The highest BCUT2D eigenvalue weighted by Crippen LogP contribution is 2.50. The largest absolute Gasteiger partial charge is 0.355 e. The zero-order chi connectivity index (χ0) is 26.8. The van der Waals surface area contributed by atoms with Gasteiger partial charge in [-0.3, -0.25) is 14.6 Å². The van der Waals surface area contributed by atoms with Crippen LogP contribution in [0.25, 0.3) is 11.1 Å². The molecule has 0 spiro atoms. The fraction of sp³-hybridized carbons (Fsp3) is 0.424. The van der Waals surface area contributed by atoms with Crippen LogP contribution < -0.4 is 5.32 Å². The Balaban J connectivity index is 1.09. The second kappa shape index (κ2) is 10.9. The number of hydrogen-bond acceptors (Lipinski definition) is 4. The molecule has 1 aromatic heterocycles. The number of carbonyl (C=O) groups excluding carboxylic acids is 2. The Kier molecular flexibility index (Phi) is 7.22. The predicted octanol–water partition coefficient (Wildman–Crippen LogP) is 5.17. The number of benzene rings is 2. The molecule has 2 amide bonds. The summed E-state index contributed by atoms with van der Waals surface area (Å²) in [6.07, 6.45) is 7.50. The van der Waals surface area contributed by atoms with Crippen LogP contribution in [0.1, 0.15) is 72.6 Å². The van der Waals surface area contributed by atoms with Gasteiger partial charge in [-0.25, -0.2) is 0 Å². The first kappa shape index (κ1) is 25.8. The Morgan fingerprint density at radius 2 is 1.72 bits per heavy atom. The zero-order valence-corrected chi connectivity index (χ0v) is 22.9. The standard InChI is InChI=1S/C33H38N4O2/c1-2-18-35-32(39)33(29-14-6-5-12-27(29)28-13-9-19-34-30(28)33)17-7-8-20-36-21-15-25(16-22-36)37-23-24-10-3-4-11-26(24)31(37)38/h3-6,9-14,19,25H,2,7-8,15-18,20-23H2,1H3,(H,35,39). The van der Waals surface area contributed by atoms with Crippen molar-refractivity contribution in [2.45, 2.75) is 63.5 Å². The number of piperidine rings is 1. The minimum absolute atomic E-state index is 0.0753. The van der Waals surface area contributed by atoms with Crippen LogP contribution in [0.15, 0.2) is 66.9 Å².